The van der Waals surface area contributed by atoms with Crippen LogP contribution in [0.1, 0.15) is 57.0 Å². The Bertz CT molecular complexity index is 765. The van der Waals surface area contributed by atoms with Crippen molar-refractivity contribution >= 4 is 20.7 Å². The first-order valence-corrected chi connectivity index (χ1v) is 12.7. The third-order valence-electron chi connectivity index (χ3n) is 6.52. The zero-order valence-corrected chi connectivity index (χ0v) is 19.3. The zero-order chi connectivity index (χ0) is 20.9. The molecular weight excluding hydrogens is 366 g/mol. The molecule has 1 unspecified atom stereocenters. The van der Waals surface area contributed by atoms with E-state index in [4.69, 9.17) is 4.43 Å². The Hall–Kier alpha value is -1.46. The lowest BCUT2D eigenvalue weighted by atomic mass is 9.59. The lowest BCUT2D eigenvalue weighted by Gasteiger charge is -2.51. The minimum atomic E-state index is -0.832. The Morgan fingerprint density at radius 3 is 2.43 bits per heavy atom. The standard InChI is InChI=1S/C23H34NO3Si/c1-22(2,3)17(13-27-28(6)7)18-19(24-21(18)26)15-12-23(4,5)16-11-9-8-10-14(16)20(15)25/h8-11,15,17-19H,12-13H2,1-7H3,(H,24,26)/t15?,17-,18+,19-/m1/s1. The number of rotatable bonds is 5. The van der Waals surface area contributed by atoms with Gasteiger partial charge in [-0.05, 0) is 41.8 Å². The summed E-state index contributed by atoms with van der Waals surface area (Å²) in [6.07, 6.45) is 0.763. The van der Waals surface area contributed by atoms with Crippen LogP contribution in [0.25, 0.3) is 0 Å². The van der Waals surface area contributed by atoms with Gasteiger partial charge in [0, 0.05) is 18.1 Å². The second-order valence-electron chi connectivity index (χ2n) is 10.4. The molecule has 1 amide bonds. The lowest BCUT2D eigenvalue weighted by Crippen LogP contribution is -2.67. The number of amides is 1. The number of β-lactam (4-membered cyclic amide) rings is 1. The van der Waals surface area contributed by atoms with Crippen molar-refractivity contribution in [2.45, 2.75) is 65.6 Å². The van der Waals surface area contributed by atoms with Crippen molar-refractivity contribution in [1.82, 2.24) is 5.32 Å². The maximum atomic E-state index is 13.4. The number of nitrogens with one attached hydrogen (secondary N) is 1. The second kappa shape index (κ2) is 7.41. The summed E-state index contributed by atoms with van der Waals surface area (Å²) < 4.78 is 6.03. The van der Waals surface area contributed by atoms with Crippen LogP contribution in [0.2, 0.25) is 13.1 Å². The average Bonchev–Trinajstić information content (AvgIpc) is 2.58. The number of carbonyl (C=O) groups is 2. The summed E-state index contributed by atoms with van der Waals surface area (Å²) in [6, 6.07) is 7.84. The van der Waals surface area contributed by atoms with Crippen LogP contribution in [-0.4, -0.2) is 33.4 Å². The number of ketones is 1. The first kappa shape index (κ1) is 21.3. The summed E-state index contributed by atoms with van der Waals surface area (Å²) >= 11 is 0. The SMILES string of the molecule is C[Si](C)OC[C@H]([C@@H]1C(=O)N[C@@H]1C1CC(C)(C)c2ccccc2C1=O)C(C)(C)C. The molecule has 1 aromatic carbocycles. The number of Topliss-reactive ketones (excluding diaryl/α,β-unsaturated/α-hetero) is 1. The predicted molar refractivity (Wildman–Crippen MR) is 114 cm³/mol. The lowest BCUT2D eigenvalue weighted by molar-refractivity contribution is -0.144. The Morgan fingerprint density at radius 1 is 1.21 bits per heavy atom. The largest absolute Gasteiger partial charge is 0.417 e. The molecule has 1 aliphatic heterocycles. The molecule has 0 bridgehead atoms. The van der Waals surface area contributed by atoms with Gasteiger partial charge in [0.05, 0.1) is 12.0 Å². The molecule has 28 heavy (non-hydrogen) atoms. The molecule has 1 aromatic rings. The number of benzene rings is 1. The van der Waals surface area contributed by atoms with Crippen LogP contribution in [0.5, 0.6) is 0 Å². The third-order valence-corrected chi connectivity index (χ3v) is 7.26. The molecular formula is C23H34NO3Si. The summed E-state index contributed by atoms with van der Waals surface area (Å²) in [5, 5.41) is 3.09. The summed E-state index contributed by atoms with van der Waals surface area (Å²) in [4.78, 5) is 26.0. The molecule has 1 radical (unpaired) electrons. The minimum absolute atomic E-state index is 0.0663. The van der Waals surface area contributed by atoms with E-state index in [2.05, 4.69) is 59.1 Å². The fourth-order valence-electron chi connectivity index (χ4n) is 4.88. The summed E-state index contributed by atoms with van der Waals surface area (Å²) in [7, 11) is -0.832. The Labute approximate surface area is 171 Å². The van der Waals surface area contributed by atoms with Gasteiger partial charge in [0.2, 0.25) is 14.9 Å². The van der Waals surface area contributed by atoms with Crippen molar-refractivity contribution < 1.29 is 14.0 Å². The van der Waals surface area contributed by atoms with Crippen molar-refractivity contribution in [3.8, 4) is 0 Å². The van der Waals surface area contributed by atoms with Gasteiger partial charge < -0.3 is 9.74 Å². The van der Waals surface area contributed by atoms with Crippen molar-refractivity contribution in [1.29, 1.82) is 0 Å². The van der Waals surface area contributed by atoms with Gasteiger partial charge in [-0.25, -0.2) is 0 Å². The van der Waals surface area contributed by atoms with E-state index in [1.165, 1.54) is 0 Å². The van der Waals surface area contributed by atoms with E-state index in [1.807, 2.05) is 18.2 Å². The predicted octanol–water partition coefficient (Wildman–Crippen LogP) is 4.21. The monoisotopic (exact) mass is 400 g/mol. The second-order valence-corrected chi connectivity index (χ2v) is 12.5. The van der Waals surface area contributed by atoms with Gasteiger partial charge in [0.1, 0.15) is 0 Å². The van der Waals surface area contributed by atoms with E-state index >= 15 is 0 Å². The van der Waals surface area contributed by atoms with Crippen LogP contribution in [-0.2, 0) is 14.6 Å². The van der Waals surface area contributed by atoms with Crippen LogP contribution < -0.4 is 5.32 Å². The zero-order valence-electron chi connectivity index (χ0n) is 18.3. The van der Waals surface area contributed by atoms with Gasteiger partial charge >= 0.3 is 0 Å². The van der Waals surface area contributed by atoms with E-state index in [0.29, 0.717) is 6.61 Å². The Morgan fingerprint density at radius 2 is 1.86 bits per heavy atom. The number of carbonyl (C=O) groups excluding carboxylic acids is 2. The van der Waals surface area contributed by atoms with Gasteiger partial charge in [-0.3, -0.25) is 9.59 Å². The fourth-order valence-corrected chi connectivity index (χ4v) is 5.39. The highest BCUT2D eigenvalue weighted by Gasteiger charge is 2.55. The van der Waals surface area contributed by atoms with Crippen molar-refractivity contribution in [3.63, 3.8) is 0 Å². The topological polar surface area (TPSA) is 55.4 Å². The van der Waals surface area contributed by atoms with E-state index in [9.17, 15) is 9.59 Å². The third kappa shape index (κ3) is 3.83. The molecule has 1 aliphatic carbocycles. The molecule has 2 aliphatic rings. The fraction of sp³-hybridized carbons (Fsp3) is 0.652. The number of hydrogen-bond donors (Lipinski definition) is 1. The van der Waals surface area contributed by atoms with Crippen molar-refractivity contribution in [3.05, 3.63) is 35.4 Å². The highest BCUT2D eigenvalue weighted by atomic mass is 28.3. The van der Waals surface area contributed by atoms with Crippen LogP contribution >= 0.6 is 0 Å². The van der Waals surface area contributed by atoms with Crippen LogP contribution in [0, 0.1) is 23.2 Å². The first-order valence-electron chi connectivity index (χ1n) is 10.3. The molecule has 1 saturated heterocycles. The maximum Gasteiger partial charge on any atom is 0.225 e. The molecule has 4 atom stereocenters. The molecule has 153 valence electrons. The van der Waals surface area contributed by atoms with E-state index in [0.717, 1.165) is 17.5 Å². The minimum Gasteiger partial charge on any atom is -0.417 e. The highest BCUT2D eigenvalue weighted by molar-refractivity contribution is 6.48. The summed E-state index contributed by atoms with van der Waals surface area (Å²) in [5.74, 6) is -0.00530. The Kier molecular flexibility index (Phi) is 5.63. The maximum absolute atomic E-state index is 13.4. The van der Waals surface area contributed by atoms with Crippen LogP contribution in [0.3, 0.4) is 0 Å². The van der Waals surface area contributed by atoms with E-state index in [-0.39, 0.29) is 46.3 Å². The summed E-state index contributed by atoms with van der Waals surface area (Å²) in [6.45, 7) is 15.7. The van der Waals surface area contributed by atoms with E-state index in [1.54, 1.807) is 0 Å². The quantitative estimate of drug-likeness (QED) is 0.595. The summed E-state index contributed by atoms with van der Waals surface area (Å²) in [5.41, 5.74) is 1.79. The molecule has 1 N–H and O–H groups in total. The van der Waals surface area contributed by atoms with Crippen molar-refractivity contribution in [2.75, 3.05) is 6.61 Å². The molecule has 4 nitrogen and oxygen atoms in total. The van der Waals surface area contributed by atoms with Crippen molar-refractivity contribution in [2.24, 2.45) is 23.2 Å². The number of hydrogen-bond acceptors (Lipinski definition) is 3. The van der Waals surface area contributed by atoms with Gasteiger partial charge in [0.15, 0.2) is 5.78 Å². The van der Waals surface area contributed by atoms with Gasteiger partial charge in [-0.2, -0.15) is 0 Å². The molecule has 3 rings (SSSR count). The van der Waals surface area contributed by atoms with Crippen LogP contribution in [0.15, 0.2) is 24.3 Å². The molecule has 0 spiro atoms. The van der Waals surface area contributed by atoms with E-state index < -0.39 is 9.04 Å². The normalized spacial score (nSPS) is 27.8. The molecule has 1 heterocycles. The van der Waals surface area contributed by atoms with Gasteiger partial charge in [-0.15, -0.1) is 0 Å². The smallest absolute Gasteiger partial charge is 0.225 e. The molecule has 5 heteroatoms. The molecule has 0 aromatic heterocycles. The van der Waals surface area contributed by atoms with Crippen LogP contribution in [0.4, 0.5) is 0 Å². The molecule has 1 fully saturated rings. The van der Waals surface area contributed by atoms with Gasteiger partial charge in [-0.1, -0.05) is 58.9 Å². The Balaban J connectivity index is 1.91. The van der Waals surface area contributed by atoms with Gasteiger partial charge in [0.25, 0.3) is 0 Å². The number of fused-ring (bicyclic) bond motifs is 1. The first-order chi connectivity index (χ1) is 12.9. The highest BCUT2D eigenvalue weighted by Crippen LogP contribution is 2.46. The average molecular weight is 401 g/mol. The molecule has 0 saturated carbocycles.